The fourth-order valence-electron chi connectivity index (χ4n) is 6.24. The molecule has 6 heteroatoms. The Kier molecular flexibility index (Phi) is 40.0. The van der Waals surface area contributed by atoms with Crippen molar-refractivity contribution in [2.45, 2.75) is 239 Å². The number of ether oxygens (including phenoxy) is 3. The van der Waals surface area contributed by atoms with Crippen LogP contribution >= 0.6 is 0 Å². The number of unbranched alkanes of at least 4 members (excludes halogenated alkanes) is 25. The zero-order valence-corrected chi connectivity index (χ0v) is 34.6. The molecule has 0 aromatic carbocycles. The number of carbonyl (C=O) groups is 3. The molecule has 1 unspecified atom stereocenters. The summed E-state index contributed by atoms with van der Waals surface area (Å²) >= 11 is 0. The van der Waals surface area contributed by atoms with Gasteiger partial charge in [0.05, 0.1) is 0 Å². The molecule has 0 saturated carbocycles. The van der Waals surface area contributed by atoms with Crippen LogP contribution in [0.15, 0.2) is 24.3 Å². The van der Waals surface area contributed by atoms with E-state index in [1.54, 1.807) is 0 Å². The first-order chi connectivity index (χ1) is 25.5. The maximum absolute atomic E-state index is 12.7. The lowest BCUT2D eigenvalue weighted by Gasteiger charge is -2.18. The second-order valence-corrected chi connectivity index (χ2v) is 15.0. The Labute approximate surface area is 322 Å². The Morgan fingerprint density at radius 3 is 1.06 bits per heavy atom. The van der Waals surface area contributed by atoms with Crippen LogP contribution < -0.4 is 0 Å². The molecule has 304 valence electrons. The van der Waals surface area contributed by atoms with Crippen molar-refractivity contribution in [2.24, 2.45) is 0 Å². The Bertz CT molecular complexity index is 850. The van der Waals surface area contributed by atoms with Crippen molar-refractivity contribution >= 4 is 17.9 Å². The lowest BCUT2D eigenvalue weighted by Crippen LogP contribution is -2.30. The zero-order valence-electron chi connectivity index (χ0n) is 34.6. The van der Waals surface area contributed by atoms with Gasteiger partial charge in [0.25, 0.3) is 0 Å². The largest absolute Gasteiger partial charge is 0.462 e. The summed E-state index contributed by atoms with van der Waals surface area (Å²) in [4.78, 5) is 37.6. The van der Waals surface area contributed by atoms with Gasteiger partial charge in [-0.05, 0) is 64.2 Å². The van der Waals surface area contributed by atoms with Gasteiger partial charge in [-0.3, -0.25) is 14.4 Å². The summed E-state index contributed by atoms with van der Waals surface area (Å²) in [7, 11) is 0. The molecule has 0 N–H and O–H groups in total. The number of rotatable bonds is 40. The topological polar surface area (TPSA) is 78.9 Å². The Balaban J connectivity index is 4.38. The highest BCUT2D eigenvalue weighted by Gasteiger charge is 2.19. The minimum atomic E-state index is -0.771. The average molecular weight is 733 g/mol. The fourth-order valence-corrected chi connectivity index (χ4v) is 6.24. The summed E-state index contributed by atoms with van der Waals surface area (Å²) in [5.74, 6) is -0.892. The van der Waals surface area contributed by atoms with E-state index >= 15 is 0 Å². The molecule has 0 aliphatic heterocycles. The predicted molar refractivity (Wildman–Crippen MR) is 219 cm³/mol. The lowest BCUT2D eigenvalue weighted by molar-refractivity contribution is -0.167. The molecule has 0 aliphatic carbocycles. The molecule has 1 atom stereocenters. The smallest absolute Gasteiger partial charge is 0.306 e. The molecular weight excluding hydrogens is 648 g/mol. The summed E-state index contributed by atoms with van der Waals surface area (Å²) < 4.78 is 16.7. The number of allylic oxidation sites excluding steroid dienone is 4. The number of esters is 3. The minimum Gasteiger partial charge on any atom is -0.462 e. The molecule has 52 heavy (non-hydrogen) atoms. The van der Waals surface area contributed by atoms with E-state index < -0.39 is 6.10 Å². The van der Waals surface area contributed by atoms with E-state index in [9.17, 15) is 14.4 Å². The molecule has 0 saturated heterocycles. The quantitative estimate of drug-likeness (QED) is 0.0270. The average Bonchev–Trinajstić information content (AvgIpc) is 3.14. The Hall–Kier alpha value is -2.11. The third-order valence-electron chi connectivity index (χ3n) is 9.68. The molecule has 6 nitrogen and oxygen atoms in total. The van der Waals surface area contributed by atoms with E-state index in [-0.39, 0.29) is 31.1 Å². The maximum Gasteiger partial charge on any atom is 0.306 e. The molecule has 0 aromatic rings. The van der Waals surface area contributed by atoms with E-state index in [0.29, 0.717) is 19.3 Å². The van der Waals surface area contributed by atoms with Crippen LogP contribution in [-0.4, -0.2) is 37.2 Å². The van der Waals surface area contributed by atoms with Crippen molar-refractivity contribution < 1.29 is 28.6 Å². The Morgan fingerprint density at radius 1 is 0.365 bits per heavy atom. The SMILES string of the molecule is CCCC/C=C\CCCCCCCC(=O)OC(COC(=O)CCCCCCC/C=C\CCCCC)COC(=O)CCCCCCCCCCCCC. The summed E-state index contributed by atoms with van der Waals surface area (Å²) in [6, 6.07) is 0. The lowest BCUT2D eigenvalue weighted by atomic mass is 10.1. The van der Waals surface area contributed by atoms with Crippen LogP contribution in [0.2, 0.25) is 0 Å². The monoisotopic (exact) mass is 733 g/mol. The first kappa shape index (κ1) is 49.9. The van der Waals surface area contributed by atoms with Gasteiger partial charge in [0, 0.05) is 19.3 Å². The van der Waals surface area contributed by atoms with E-state index in [2.05, 4.69) is 45.1 Å². The van der Waals surface area contributed by atoms with Crippen LogP contribution in [0.3, 0.4) is 0 Å². The first-order valence-electron chi connectivity index (χ1n) is 22.3. The van der Waals surface area contributed by atoms with Crippen LogP contribution in [0.4, 0.5) is 0 Å². The molecule has 0 radical (unpaired) electrons. The van der Waals surface area contributed by atoms with Crippen LogP contribution in [0.5, 0.6) is 0 Å². The normalized spacial score (nSPS) is 12.1. The van der Waals surface area contributed by atoms with Gasteiger partial charge >= 0.3 is 17.9 Å². The molecule has 0 amide bonds. The molecule has 0 aromatic heterocycles. The van der Waals surface area contributed by atoms with Crippen molar-refractivity contribution in [3.8, 4) is 0 Å². The Morgan fingerprint density at radius 2 is 0.654 bits per heavy atom. The standard InChI is InChI=1S/C46H84O6/c1-4-7-10-13-16-19-22-25-27-30-33-36-39-45(48)51-42-43(52-46(49)40-37-34-31-28-24-21-18-15-12-9-6-3)41-50-44(47)38-35-32-29-26-23-20-17-14-11-8-5-2/h15-16,18-19,43H,4-14,17,20-42H2,1-3H3/b18-15-,19-16-. The van der Waals surface area contributed by atoms with Crippen LogP contribution in [0.1, 0.15) is 233 Å². The van der Waals surface area contributed by atoms with Crippen molar-refractivity contribution in [3.05, 3.63) is 24.3 Å². The number of hydrogen-bond donors (Lipinski definition) is 0. The molecule has 0 aliphatic rings. The molecule has 0 rings (SSSR count). The third kappa shape index (κ3) is 39.1. The molecule has 0 spiro atoms. The molecule has 0 heterocycles. The van der Waals surface area contributed by atoms with Gasteiger partial charge in [0.2, 0.25) is 0 Å². The maximum atomic E-state index is 12.7. The van der Waals surface area contributed by atoms with E-state index in [1.165, 1.54) is 116 Å². The second-order valence-electron chi connectivity index (χ2n) is 15.0. The predicted octanol–water partition coefficient (Wildman–Crippen LogP) is 14.0. The highest BCUT2D eigenvalue weighted by atomic mass is 16.6. The number of carbonyl (C=O) groups excluding carboxylic acids is 3. The van der Waals surface area contributed by atoms with Crippen molar-refractivity contribution in [3.63, 3.8) is 0 Å². The highest BCUT2D eigenvalue weighted by Crippen LogP contribution is 2.14. The van der Waals surface area contributed by atoms with Gasteiger partial charge in [-0.15, -0.1) is 0 Å². The van der Waals surface area contributed by atoms with Crippen LogP contribution in [-0.2, 0) is 28.6 Å². The van der Waals surface area contributed by atoms with Gasteiger partial charge in [0.15, 0.2) is 6.10 Å². The molecular formula is C46H84O6. The summed E-state index contributed by atoms with van der Waals surface area (Å²) in [6.07, 6.45) is 44.4. The highest BCUT2D eigenvalue weighted by molar-refractivity contribution is 5.71. The molecule has 0 bridgehead atoms. The summed E-state index contributed by atoms with van der Waals surface area (Å²) in [5, 5.41) is 0. The second kappa shape index (κ2) is 41.6. The molecule has 0 fully saturated rings. The van der Waals surface area contributed by atoms with Crippen molar-refractivity contribution in [1.82, 2.24) is 0 Å². The third-order valence-corrected chi connectivity index (χ3v) is 9.68. The van der Waals surface area contributed by atoms with E-state index in [0.717, 1.165) is 77.0 Å². The van der Waals surface area contributed by atoms with E-state index in [4.69, 9.17) is 14.2 Å². The van der Waals surface area contributed by atoms with Gasteiger partial charge < -0.3 is 14.2 Å². The van der Waals surface area contributed by atoms with Crippen molar-refractivity contribution in [2.75, 3.05) is 13.2 Å². The van der Waals surface area contributed by atoms with E-state index in [1.807, 2.05) is 0 Å². The van der Waals surface area contributed by atoms with Crippen LogP contribution in [0.25, 0.3) is 0 Å². The van der Waals surface area contributed by atoms with Gasteiger partial charge in [-0.25, -0.2) is 0 Å². The zero-order chi connectivity index (χ0) is 38.0. The van der Waals surface area contributed by atoms with Crippen LogP contribution in [0, 0.1) is 0 Å². The van der Waals surface area contributed by atoms with Crippen molar-refractivity contribution in [1.29, 1.82) is 0 Å². The fraction of sp³-hybridized carbons (Fsp3) is 0.848. The minimum absolute atomic E-state index is 0.0747. The first-order valence-corrected chi connectivity index (χ1v) is 22.3. The van der Waals surface area contributed by atoms with Gasteiger partial charge in [-0.2, -0.15) is 0 Å². The number of hydrogen-bond acceptors (Lipinski definition) is 6. The summed E-state index contributed by atoms with van der Waals surface area (Å²) in [5.41, 5.74) is 0. The van der Waals surface area contributed by atoms with Gasteiger partial charge in [-0.1, -0.05) is 173 Å². The van der Waals surface area contributed by atoms with Gasteiger partial charge in [0.1, 0.15) is 13.2 Å². The summed E-state index contributed by atoms with van der Waals surface area (Å²) in [6.45, 7) is 6.55.